The second-order valence-electron chi connectivity index (χ2n) is 13.2. The van der Waals surface area contributed by atoms with Crippen LogP contribution >= 0.6 is 0 Å². The van der Waals surface area contributed by atoms with Gasteiger partial charge in [0, 0.05) is 40.5 Å². The van der Waals surface area contributed by atoms with Crippen molar-refractivity contribution in [1.82, 2.24) is 19.3 Å². The third kappa shape index (κ3) is 7.11. The van der Waals surface area contributed by atoms with Crippen LogP contribution in [0, 0.1) is 32.9 Å². The van der Waals surface area contributed by atoms with Gasteiger partial charge in [0.1, 0.15) is 11.6 Å². The van der Waals surface area contributed by atoms with Crippen LogP contribution in [0.1, 0.15) is 67.6 Å². The molecule has 51 heavy (non-hydrogen) atoms. The standard InChI is InChI=1S/C44H44N4O2.Pd/c1-7-9-17-38-44(43-30(4)14-13-15-31(43)5)40(18-10-8-2)48(46-38)32-24-29(3)25-35(26-32)50-34-20-21-37-36-16-11-12-19-39(36)47(41(37)27-34)42-28-33(49-6)22-23-45-42;/h11-16,19-25,28H,7-10,17-18H2,1-6H3;/q-2;+2. The molecule has 4 aromatic carbocycles. The van der Waals surface area contributed by atoms with Crippen molar-refractivity contribution in [1.29, 1.82) is 0 Å². The van der Waals surface area contributed by atoms with E-state index in [-0.39, 0.29) is 20.4 Å². The summed E-state index contributed by atoms with van der Waals surface area (Å²) in [6.45, 7) is 11.0. The fourth-order valence-electron chi connectivity index (χ4n) is 7.07. The maximum absolute atomic E-state index is 6.60. The molecule has 0 saturated heterocycles. The summed E-state index contributed by atoms with van der Waals surface area (Å²) in [6, 6.07) is 34.2. The summed E-state index contributed by atoms with van der Waals surface area (Å²) in [4.78, 5) is 4.70. The first kappa shape index (κ1) is 36.1. The van der Waals surface area contributed by atoms with Crippen molar-refractivity contribution in [3.63, 3.8) is 0 Å². The molecule has 3 heterocycles. The van der Waals surface area contributed by atoms with E-state index in [4.69, 9.17) is 19.6 Å². The molecule has 0 fully saturated rings. The zero-order valence-corrected chi connectivity index (χ0v) is 31.8. The molecule has 0 N–H and O–H groups in total. The van der Waals surface area contributed by atoms with Crippen LogP contribution < -0.4 is 9.47 Å². The molecule has 3 aromatic heterocycles. The molecule has 0 amide bonds. The molecule has 6 nitrogen and oxygen atoms in total. The summed E-state index contributed by atoms with van der Waals surface area (Å²) < 4.78 is 16.4. The summed E-state index contributed by atoms with van der Waals surface area (Å²) in [5, 5.41) is 7.54. The van der Waals surface area contributed by atoms with E-state index in [0.29, 0.717) is 11.5 Å². The molecular formula is C44H44N4O2Pd. The van der Waals surface area contributed by atoms with Crippen LogP contribution in [0.25, 0.3) is 44.4 Å². The van der Waals surface area contributed by atoms with E-state index in [1.54, 1.807) is 13.3 Å². The Balaban J connectivity index is 0.00000448. The smallest absolute Gasteiger partial charge is 0.509 e. The minimum Gasteiger partial charge on any atom is -0.509 e. The number of hydrogen-bond donors (Lipinski definition) is 0. The van der Waals surface area contributed by atoms with Gasteiger partial charge in [0.05, 0.1) is 12.8 Å². The number of ether oxygens (including phenoxy) is 2. The van der Waals surface area contributed by atoms with E-state index in [9.17, 15) is 0 Å². The average molecular weight is 767 g/mol. The maximum Gasteiger partial charge on any atom is 2.00 e. The fraction of sp³-hybridized carbons (Fsp3) is 0.273. The average Bonchev–Trinajstić information content (AvgIpc) is 3.64. The first-order valence-electron chi connectivity index (χ1n) is 17.8. The zero-order valence-electron chi connectivity index (χ0n) is 30.2. The molecule has 0 aliphatic rings. The maximum atomic E-state index is 6.60. The molecule has 0 saturated carbocycles. The van der Waals surface area contributed by atoms with E-state index in [0.717, 1.165) is 88.8 Å². The van der Waals surface area contributed by atoms with Crippen molar-refractivity contribution < 1.29 is 29.9 Å². The Labute approximate surface area is 315 Å². The van der Waals surface area contributed by atoms with Gasteiger partial charge in [0.15, 0.2) is 0 Å². The van der Waals surface area contributed by atoms with Crippen molar-refractivity contribution in [3.8, 4) is 39.9 Å². The van der Waals surface area contributed by atoms with Crippen molar-refractivity contribution in [2.24, 2.45) is 0 Å². The molecule has 7 aromatic rings. The van der Waals surface area contributed by atoms with Gasteiger partial charge < -0.3 is 14.0 Å². The van der Waals surface area contributed by atoms with Crippen LogP contribution in [0.4, 0.5) is 0 Å². The van der Waals surface area contributed by atoms with Crippen LogP contribution in [-0.4, -0.2) is 26.4 Å². The minimum atomic E-state index is 0. The van der Waals surface area contributed by atoms with Crippen molar-refractivity contribution in [2.45, 2.75) is 73.1 Å². The Morgan fingerprint density at radius 2 is 1.51 bits per heavy atom. The summed E-state index contributed by atoms with van der Waals surface area (Å²) in [5.74, 6) is 2.72. The third-order valence-corrected chi connectivity index (χ3v) is 9.48. The summed E-state index contributed by atoms with van der Waals surface area (Å²) in [6.07, 6.45) is 8.03. The monoisotopic (exact) mass is 766 g/mol. The molecule has 0 bridgehead atoms. The Bertz CT molecular complexity index is 2300. The molecule has 7 rings (SSSR count). The number of nitrogens with zero attached hydrogens (tertiary/aromatic N) is 4. The van der Waals surface area contributed by atoms with E-state index >= 15 is 0 Å². The molecule has 0 unspecified atom stereocenters. The first-order chi connectivity index (χ1) is 24.4. The summed E-state index contributed by atoms with van der Waals surface area (Å²) >= 11 is 0. The Morgan fingerprint density at radius 3 is 2.27 bits per heavy atom. The number of hydrogen-bond acceptors (Lipinski definition) is 4. The van der Waals surface area contributed by atoms with Crippen molar-refractivity contribution in [2.75, 3.05) is 7.11 Å². The van der Waals surface area contributed by atoms with Gasteiger partial charge in [0.25, 0.3) is 0 Å². The molecule has 0 atom stereocenters. The van der Waals surface area contributed by atoms with Crippen LogP contribution in [0.5, 0.6) is 17.2 Å². The molecule has 0 radical (unpaired) electrons. The summed E-state index contributed by atoms with van der Waals surface area (Å²) in [5.41, 5.74) is 11.4. The van der Waals surface area contributed by atoms with Crippen molar-refractivity contribution in [3.05, 3.63) is 125 Å². The first-order valence-corrected chi connectivity index (χ1v) is 17.8. The molecule has 0 aliphatic carbocycles. The number of methoxy groups -OCH3 is 1. The predicted octanol–water partition coefficient (Wildman–Crippen LogP) is 11.0. The number of rotatable bonds is 12. The van der Waals surface area contributed by atoms with Gasteiger partial charge in [0.2, 0.25) is 0 Å². The number of pyridine rings is 1. The molecule has 7 heteroatoms. The number of aryl methyl sites for hydroxylation is 4. The number of fused-ring (bicyclic) bond motifs is 3. The van der Waals surface area contributed by atoms with Crippen LogP contribution in [0.3, 0.4) is 0 Å². The van der Waals surface area contributed by atoms with Gasteiger partial charge in [-0.2, -0.15) is 16.7 Å². The SMILES string of the molecule is CCCCc1nn(-c2[c-]c(Oc3[c-]c4c(cc3)c3ccccc3n4-c3cc(OC)ccn3)cc(C)c2)c(CCCC)c1-c1c(C)cccc1C.[Pd+2]. The molecule has 0 spiro atoms. The largest absolute Gasteiger partial charge is 2.00 e. The number of benzene rings is 4. The van der Waals surface area contributed by atoms with Gasteiger partial charge in [-0.25, -0.2) is 4.98 Å². The third-order valence-electron chi connectivity index (χ3n) is 9.48. The quantitative estimate of drug-likeness (QED) is 0.0918. The Morgan fingerprint density at radius 1 is 0.745 bits per heavy atom. The predicted molar refractivity (Wildman–Crippen MR) is 203 cm³/mol. The number of unbranched alkanes of at least 4 members (excludes halogenated alkanes) is 2. The molecule has 0 aliphatic heterocycles. The second-order valence-corrected chi connectivity index (χ2v) is 13.2. The van der Waals surface area contributed by atoms with E-state index in [1.165, 1.54) is 27.9 Å². The van der Waals surface area contributed by atoms with Gasteiger partial charge in [-0.05, 0) is 79.4 Å². The molecular weight excluding hydrogens is 723 g/mol. The summed E-state index contributed by atoms with van der Waals surface area (Å²) in [7, 11) is 1.67. The van der Waals surface area contributed by atoms with Gasteiger partial charge >= 0.3 is 20.4 Å². The van der Waals surface area contributed by atoms with E-state index < -0.39 is 0 Å². The van der Waals surface area contributed by atoms with Crippen LogP contribution in [-0.2, 0) is 33.3 Å². The Hall–Kier alpha value is -4.70. The van der Waals surface area contributed by atoms with Crippen molar-refractivity contribution >= 4 is 21.8 Å². The zero-order chi connectivity index (χ0) is 34.8. The molecule has 262 valence electrons. The topological polar surface area (TPSA) is 54.1 Å². The van der Waals surface area contributed by atoms with Gasteiger partial charge in [-0.3, -0.25) is 4.68 Å². The van der Waals surface area contributed by atoms with Gasteiger partial charge in [-0.15, -0.1) is 35.7 Å². The number of para-hydroxylation sites is 1. The Kier molecular flexibility index (Phi) is 11.1. The van der Waals surface area contributed by atoms with Gasteiger partial charge in [-0.1, -0.05) is 75.5 Å². The van der Waals surface area contributed by atoms with Crippen LogP contribution in [0.2, 0.25) is 0 Å². The number of aromatic nitrogens is 4. The van der Waals surface area contributed by atoms with Crippen LogP contribution in [0.15, 0.2) is 85.1 Å². The van der Waals surface area contributed by atoms with E-state index in [2.05, 4.69) is 105 Å². The van der Waals surface area contributed by atoms with E-state index in [1.807, 2.05) is 30.3 Å². The fourth-order valence-corrected chi connectivity index (χ4v) is 7.07. The minimum absolute atomic E-state index is 0. The second kappa shape index (κ2) is 15.7. The normalized spacial score (nSPS) is 11.3.